The van der Waals surface area contributed by atoms with Crippen molar-refractivity contribution in [2.24, 2.45) is 0 Å². The third-order valence-electron chi connectivity index (χ3n) is 4.36. The monoisotopic (exact) mass is 306 g/mol. The Morgan fingerprint density at radius 1 is 1.32 bits per heavy atom. The SMILES string of the molecule is C[C@H](CCO)NC(=O)NCC1(c2ccccc2)CCOCC1. The number of benzene rings is 1. The van der Waals surface area contributed by atoms with E-state index in [-0.39, 0.29) is 24.1 Å². The molecule has 1 aliphatic rings. The Balaban J connectivity index is 1.98. The summed E-state index contributed by atoms with van der Waals surface area (Å²) < 4.78 is 5.49. The zero-order valence-corrected chi connectivity index (χ0v) is 13.2. The quantitative estimate of drug-likeness (QED) is 0.750. The first-order valence-electron chi connectivity index (χ1n) is 7.95. The van der Waals surface area contributed by atoms with Gasteiger partial charge in [0.05, 0.1) is 0 Å². The van der Waals surface area contributed by atoms with E-state index in [1.54, 1.807) is 0 Å². The van der Waals surface area contributed by atoms with Gasteiger partial charge in [0, 0.05) is 37.8 Å². The van der Waals surface area contributed by atoms with Gasteiger partial charge in [0.15, 0.2) is 0 Å². The summed E-state index contributed by atoms with van der Waals surface area (Å²) >= 11 is 0. The summed E-state index contributed by atoms with van der Waals surface area (Å²) in [6, 6.07) is 10.1. The van der Waals surface area contributed by atoms with E-state index < -0.39 is 0 Å². The maximum atomic E-state index is 12.0. The molecule has 1 atom stereocenters. The lowest BCUT2D eigenvalue weighted by atomic mass is 9.74. The number of nitrogens with one attached hydrogen (secondary N) is 2. The van der Waals surface area contributed by atoms with E-state index in [2.05, 4.69) is 22.8 Å². The van der Waals surface area contributed by atoms with Crippen molar-refractivity contribution in [1.82, 2.24) is 10.6 Å². The van der Waals surface area contributed by atoms with Gasteiger partial charge in [-0.25, -0.2) is 4.79 Å². The number of ether oxygens (including phenoxy) is 1. The molecule has 1 aromatic rings. The van der Waals surface area contributed by atoms with Crippen LogP contribution in [0.4, 0.5) is 4.79 Å². The van der Waals surface area contributed by atoms with Crippen LogP contribution in [0.5, 0.6) is 0 Å². The number of urea groups is 1. The summed E-state index contributed by atoms with van der Waals surface area (Å²) in [5, 5.41) is 14.7. The molecule has 0 unspecified atom stereocenters. The summed E-state index contributed by atoms with van der Waals surface area (Å²) in [5.74, 6) is 0. The van der Waals surface area contributed by atoms with Gasteiger partial charge in [0.1, 0.15) is 0 Å². The van der Waals surface area contributed by atoms with Gasteiger partial charge < -0.3 is 20.5 Å². The standard InChI is InChI=1S/C17H26N2O3/c1-14(7-10-20)19-16(21)18-13-17(8-11-22-12-9-17)15-5-3-2-4-6-15/h2-6,14,20H,7-13H2,1H3,(H2,18,19,21)/t14-/m1/s1. The van der Waals surface area contributed by atoms with E-state index in [1.807, 2.05) is 25.1 Å². The molecule has 1 saturated heterocycles. The lowest BCUT2D eigenvalue weighted by Crippen LogP contribution is -2.49. The van der Waals surface area contributed by atoms with Gasteiger partial charge >= 0.3 is 6.03 Å². The summed E-state index contributed by atoms with van der Waals surface area (Å²) in [4.78, 5) is 12.0. The maximum absolute atomic E-state index is 12.0. The summed E-state index contributed by atoms with van der Waals surface area (Å²) in [6.45, 7) is 4.00. The molecule has 5 nitrogen and oxygen atoms in total. The fourth-order valence-corrected chi connectivity index (χ4v) is 2.91. The van der Waals surface area contributed by atoms with Crippen molar-refractivity contribution in [3.8, 4) is 0 Å². The van der Waals surface area contributed by atoms with Crippen LogP contribution in [-0.4, -0.2) is 43.5 Å². The van der Waals surface area contributed by atoms with Crippen LogP contribution < -0.4 is 10.6 Å². The lowest BCUT2D eigenvalue weighted by Gasteiger charge is -2.38. The van der Waals surface area contributed by atoms with Crippen LogP contribution in [0.2, 0.25) is 0 Å². The number of aliphatic hydroxyl groups excluding tert-OH is 1. The highest BCUT2D eigenvalue weighted by Crippen LogP contribution is 2.34. The molecule has 1 heterocycles. The molecule has 1 aliphatic heterocycles. The fourth-order valence-electron chi connectivity index (χ4n) is 2.91. The highest BCUT2D eigenvalue weighted by atomic mass is 16.5. The van der Waals surface area contributed by atoms with Crippen LogP contribution in [0.25, 0.3) is 0 Å². The first-order chi connectivity index (χ1) is 10.7. The first kappa shape index (κ1) is 16.8. The molecule has 0 bridgehead atoms. The average molecular weight is 306 g/mol. The number of aliphatic hydroxyl groups is 1. The van der Waals surface area contributed by atoms with Gasteiger partial charge in [-0.2, -0.15) is 0 Å². The van der Waals surface area contributed by atoms with E-state index in [1.165, 1.54) is 5.56 Å². The molecule has 2 amide bonds. The molecule has 2 rings (SSSR count). The largest absolute Gasteiger partial charge is 0.396 e. The second-order valence-corrected chi connectivity index (χ2v) is 6.00. The van der Waals surface area contributed by atoms with Gasteiger partial charge in [-0.3, -0.25) is 0 Å². The van der Waals surface area contributed by atoms with E-state index >= 15 is 0 Å². The van der Waals surface area contributed by atoms with E-state index in [0.717, 1.165) is 26.1 Å². The Kier molecular flexibility index (Phi) is 6.21. The Labute approximate surface area is 132 Å². The van der Waals surface area contributed by atoms with Crippen molar-refractivity contribution < 1.29 is 14.6 Å². The van der Waals surface area contributed by atoms with Crippen LogP contribution in [0.1, 0.15) is 31.7 Å². The predicted molar refractivity (Wildman–Crippen MR) is 85.9 cm³/mol. The number of amides is 2. The number of hydrogen-bond donors (Lipinski definition) is 3. The zero-order valence-electron chi connectivity index (χ0n) is 13.2. The van der Waals surface area contributed by atoms with Crippen LogP contribution in [0.3, 0.4) is 0 Å². The number of rotatable bonds is 6. The molecule has 22 heavy (non-hydrogen) atoms. The topological polar surface area (TPSA) is 70.6 Å². The fraction of sp³-hybridized carbons (Fsp3) is 0.588. The molecule has 0 spiro atoms. The normalized spacial score (nSPS) is 18.5. The minimum atomic E-state index is -0.178. The molecular formula is C17H26N2O3. The number of carbonyl (C=O) groups excluding carboxylic acids is 1. The molecular weight excluding hydrogens is 280 g/mol. The average Bonchev–Trinajstić information content (AvgIpc) is 2.55. The van der Waals surface area contributed by atoms with Crippen LogP contribution in [0.15, 0.2) is 30.3 Å². The highest BCUT2D eigenvalue weighted by Gasteiger charge is 2.34. The smallest absolute Gasteiger partial charge is 0.315 e. The minimum absolute atomic E-state index is 0.0348. The molecule has 3 N–H and O–H groups in total. The number of carbonyl (C=O) groups is 1. The Morgan fingerprint density at radius 3 is 2.64 bits per heavy atom. The van der Waals surface area contributed by atoms with Crippen molar-refractivity contribution >= 4 is 6.03 Å². The molecule has 0 aliphatic carbocycles. The van der Waals surface area contributed by atoms with Gasteiger partial charge in [0.2, 0.25) is 0 Å². The van der Waals surface area contributed by atoms with Gasteiger partial charge in [-0.1, -0.05) is 30.3 Å². The minimum Gasteiger partial charge on any atom is -0.396 e. The van der Waals surface area contributed by atoms with Crippen molar-refractivity contribution in [3.05, 3.63) is 35.9 Å². The zero-order chi connectivity index (χ0) is 15.8. The third-order valence-corrected chi connectivity index (χ3v) is 4.36. The second-order valence-electron chi connectivity index (χ2n) is 6.00. The van der Waals surface area contributed by atoms with Gasteiger partial charge in [-0.15, -0.1) is 0 Å². The van der Waals surface area contributed by atoms with E-state index in [9.17, 15) is 4.79 Å². The van der Waals surface area contributed by atoms with Gasteiger partial charge in [-0.05, 0) is 31.7 Å². The van der Waals surface area contributed by atoms with Crippen molar-refractivity contribution in [2.75, 3.05) is 26.4 Å². The molecule has 0 saturated carbocycles. The summed E-state index contributed by atoms with van der Waals surface area (Å²) in [6.07, 6.45) is 2.37. The van der Waals surface area contributed by atoms with Crippen LogP contribution in [-0.2, 0) is 10.2 Å². The maximum Gasteiger partial charge on any atom is 0.315 e. The Bertz CT molecular complexity index is 458. The van der Waals surface area contributed by atoms with Crippen LogP contribution >= 0.6 is 0 Å². The van der Waals surface area contributed by atoms with Crippen LogP contribution in [0, 0.1) is 0 Å². The molecule has 1 fully saturated rings. The molecule has 0 radical (unpaired) electrons. The lowest BCUT2D eigenvalue weighted by molar-refractivity contribution is 0.0506. The first-order valence-corrected chi connectivity index (χ1v) is 7.95. The molecule has 5 heteroatoms. The summed E-state index contributed by atoms with van der Waals surface area (Å²) in [7, 11) is 0. The predicted octanol–water partition coefficient (Wildman–Crippen LogP) is 1.80. The third kappa shape index (κ3) is 4.45. The molecule has 0 aromatic heterocycles. The van der Waals surface area contributed by atoms with Gasteiger partial charge in [0.25, 0.3) is 0 Å². The van der Waals surface area contributed by atoms with E-state index in [4.69, 9.17) is 9.84 Å². The second kappa shape index (κ2) is 8.15. The van der Waals surface area contributed by atoms with Crippen molar-refractivity contribution in [2.45, 2.75) is 37.6 Å². The molecule has 1 aromatic carbocycles. The van der Waals surface area contributed by atoms with E-state index in [0.29, 0.717) is 13.0 Å². The van der Waals surface area contributed by atoms with Crippen molar-refractivity contribution in [3.63, 3.8) is 0 Å². The summed E-state index contributed by atoms with van der Waals surface area (Å²) in [5.41, 5.74) is 1.19. The van der Waals surface area contributed by atoms with Crippen molar-refractivity contribution in [1.29, 1.82) is 0 Å². The molecule has 122 valence electrons. The number of hydrogen-bond acceptors (Lipinski definition) is 3. The Hall–Kier alpha value is -1.59. The highest BCUT2D eigenvalue weighted by molar-refractivity contribution is 5.74. The Morgan fingerprint density at radius 2 is 2.00 bits per heavy atom.